The lowest BCUT2D eigenvalue weighted by molar-refractivity contribution is 0.0952. The summed E-state index contributed by atoms with van der Waals surface area (Å²) in [5, 5.41) is 2.89. The van der Waals surface area contributed by atoms with Crippen molar-refractivity contribution in [2.24, 2.45) is 0 Å². The van der Waals surface area contributed by atoms with Crippen molar-refractivity contribution in [2.75, 3.05) is 39.5 Å². The fourth-order valence-corrected chi connectivity index (χ4v) is 1.70. The SMILES string of the molecule is C=C(C)COc1cc(C(=O)NCCCN(C)C)ccc1N. The number of nitrogens with one attached hydrogen (secondary N) is 1. The van der Waals surface area contributed by atoms with Crippen LogP contribution in [-0.4, -0.2) is 44.6 Å². The normalized spacial score (nSPS) is 10.5. The molecule has 0 aliphatic carbocycles. The molecule has 0 aliphatic rings. The Morgan fingerprint density at radius 1 is 1.43 bits per heavy atom. The van der Waals surface area contributed by atoms with Crippen LogP contribution in [0.25, 0.3) is 0 Å². The molecule has 1 aromatic rings. The second-order valence-corrected chi connectivity index (χ2v) is 5.41. The van der Waals surface area contributed by atoms with E-state index in [2.05, 4.69) is 16.8 Å². The predicted molar refractivity (Wildman–Crippen MR) is 86.7 cm³/mol. The fourth-order valence-electron chi connectivity index (χ4n) is 1.70. The maximum absolute atomic E-state index is 12.1. The van der Waals surface area contributed by atoms with Gasteiger partial charge in [0.1, 0.15) is 12.4 Å². The van der Waals surface area contributed by atoms with Crippen LogP contribution in [0.3, 0.4) is 0 Å². The van der Waals surface area contributed by atoms with E-state index in [4.69, 9.17) is 10.5 Å². The Bertz CT molecular complexity index is 498. The molecule has 0 saturated heterocycles. The number of nitrogens with two attached hydrogens (primary N) is 1. The van der Waals surface area contributed by atoms with Crippen LogP contribution in [0.2, 0.25) is 0 Å². The number of anilines is 1. The molecule has 1 aromatic carbocycles. The van der Waals surface area contributed by atoms with Crippen LogP contribution in [0.1, 0.15) is 23.7 Å². The predicted octanol–water partition coefficient (Wildman–Crippen LogP) is 1.91. The van der Waals surface area contributed by atoms with Crippen LogP contribution in [0.15, 0.2) is 30.4 Å². The summed E-state index contributed by atoms with van der Waals surface area (Å²) < 4.78 is 5.53. The van der Waals surface area contributed by atoms with Crippen molar-refractivity contribution in [3.8, 4) is 5.75 Å². The fraction of sp³-hybridized carbons (Fsp3) is 0.438. The zero-order valence-electron chi connectivity index (χ0n) is 13.1. The third-order valence-corrected chi connectivity index (χ3v) is 2.82. The van der Waals surface area contributed by atoms with E-state index in [-0.39, 0.29) is 5.91 Å². The van der Waals surface area contributed by atoms with Gasteiger partial charge in [0.2, 0.25) is 0 Å². The molecule has 116 valence electrons. The van der Waals surface area contributed by atoms with E-state index in [1.54, 1.807) is 18.2 Å². The molecule has 0 fully saturated rings. The van der Waals surface area contributed by atoms with Crippen molar-refractivity contribution in [3.63, 3.8) is 0 Å². The third kappa shape index (κ3) is 6.31. The molecule has 3 N–H and O–H groups in total. The van der Waals surface area contributed by atoms with Gasteiger partial charge in [-0.2, -0.15) is 0 Å². The number of rotatable bonds is 8. The highest BCUT2D eigenvalue weighted by Crippen LogP contribution is 2.23. The molecular formula is C16H25N3O2. The summed E-state index contributed by atoms with van der Waals surface area (Å²) in [6.45, 7) is 7.61. The van der Waals surface area contributed by atoms with Crippen LogP contribution >= 0.6 is 0 Å². The van der Waals surface area contributed by atoms with Crippen molar-refractivity contribution in [2.45, 2.75) is 13.3 Å². The van der Waals surface area contributed by atoms with Crippen molar-refractivity contribution in [3.05, 3.63) is 35.9 Å². The lowest BCUT2D eigenvalue weighted by atomic mass is 10.1. The molecule has 0 aromatic heterocycles. The zero-order chi connectivity index (χ0) is 15.8. The second kappa shape index (κ2) is 8.32. The Balaban J connectivity index is 2.59. The molecule has 0 aliphatic heterocycles. The molecule has 0 atom stereocenters. The van der Waals surface area contributed by atoms with E-state index >= 15 is 0 Å². The summed E-state index contributed by atoms with van der Waals surface area (Å²) in [6, 6.07) is 5.05. The number of amides is 1. The summed E-state index contributed by atoms with van der Waals surface area (Å²) in [6.07, 6.45) is 0.909. The summed E-state index contributed by atoms with van der Waals surface area (Å²) in [4.78, 5) is 14.1. The average Bonchev–Trinajstić information content (AvgIpc) is 2.42. The number of hydrogen-bond donors (Lipinski definition) is 2. The van der Waals surface area contributed by atoms with E-state index in [0.29, 0.717) is 30.2 Å². The van der Waals surface area contributed by atoms with Crippen molar-refractivity contribution < 1.29 is 9.53 Å². The van der Waals surface area contributed by atoms with Crippen molar-refractivity contribution in [1.82, 2.24) is 10.2 Å². The van der Waals surface area contributed by atoms with Gasteiger partial charge in [0.25, 0.3) is 5.91 Å². The summed E-state index contributed by atoms with van der Waals surface area (Å²) in [7, 11) is 4.01. The number of nitrogens with zero attached hydrogens (tertiary/aromatic N) is 1. The average molecular weight is 291 g/mol. The van der Waals surface area contributed by atoms with Gasteiger partial charge in [-0.15, -0.1) is 0 Å². The number of hydrogen-bond acceptors (Lipinski definition) is 4. The van der Waals surface area contributed by atoms with Crippen LogP contribution in [0.5, 0.6) is 5.75 Å². The first-order chi connectivity index (χ1) is 9.90. The van der Waals surface area contributed by atoms with E-state index in [1.165, 1.54) is 0 Å². The van der Waals surface area contributed by atoms with Gasteiger partial charge >= 0.3 is 0 Å². The summed E-state index contributed by atoms with van der Waals surface area (Å²) in [5.74, 6) is 0.396. The molecule has 0 saturated carbocycles. The number of carbonyl (C=O) groups is 1. The number of carbonyl (C=O) groups excluding carboxylic acids is 1. The van der Waals surface area contributed by atoms with Gasteiger partial charge in [0.05, 0.1) is 5.69 Å². The summed E-state index contributed by atoms with van der Waals surface area (Å²) >= 11 is 0. The minimum absolute atomic E-state index is 0.117. The largest absolute Gasteiger partial charge is 0.487 e. The standard InChI is InChI=1S/C16H25N3O2/c1-12(2)11-21-15-10-13(6-7-14(15)17)16(20)18-8-5-9-19(3)4/h6-7,10H,1,5,8-9,11,17H2,2-4H3,(H,18,20). The molecule has 0 spiro atoms. The molecule has 0 radical (unpaired) electrons. The molecule has 5 heteroatoms. The van der Waals surface area contributed by atoms with E-state index in [9.17, 15) is 4.79 Å². The van der Waals surface area contributed by atoms with Gasteiger partial charge in [0.15, 0.2) is 0 Å². The highest BCUT2D eigenvalue weighted by molar-refractivity contribution is 5.95. The highest BCUT2D eigenvalue weighted by atomic mass is 16.5. The van der Waals surface area contributed by atoms with Gasteiger partial charge in [-0.05, 0) is 57.8 Å². The zero-order valence-corrected chi connectivity index (χ0v) is 13.1. The molecule has 21 heavy (non-hydrogen) atoms. The van der Waals surface area contributed by atoms with E-state index in [0.717, 1.165) is 18.5 Å². The smallest absolute Gasteiger partial charge is 0.251 e. The second-order valence-electron chi connectivity index (χ2n) is 5.41. The quantitative estimate of drug-likeness (QED) is 0.436. The third-order valence-electron chi connectivity index (χ3n) is 2.82. The van der Waals surface area contributed by atoms with Gasteiger partial charge in [-0.1, -0.05) is 6.58 Å². The van der Waals surface area contributed by atoms with Crippen LogP contribution in [-0.2, 0) is 0 Å². The Morgan fingerprint density at radius 3 is 2.76 bits per heavy atom. The number of benzene rings is 1. The Morgan fingerprint density at radius 2 is 2.14 bits per heavy atom. The van der Waals surface area contributed by atoms with Crippen molar-refractivity contribution >= 4 is 11.6 Å². The molecule has 0 heterocycles. The molecule has 0 unspecified atom stereocenters. The summed E-state index contributed by atoms with van der Waals surface area (Å²) in [5.41, 5.74) is 7.80. The minimum Gasteiger partial charge on any atom is -0.487 e. The minimum atomic E-state index is -0.117. The topological polar surface area (TPSA) is 67.6 Å². The van der Waals surface area contributed by atoms with Crippen LogP contribution in [0, 0.1) is 0 Å². The number of ether oxygens (including phenoxy) is 1. The first kappa shape index (κ1) is 17.0. The monoisotopic (exact) mass is 291 g/mol. The number of nitrogen functional groups attached to an aromatic ring is 1. The van der Waals surface area contributed by atoms with E-state index < -0.39 is 0 Å². The van der Waals surface area contributed by atoms with Gasteiger partial charge < -0.3 is 20.7 Å². The molecule has 5 nitrogen and oxygen atoms in total. The van der Waals surface area contributed by atoms with Crippen LogP contribution in [0.4, 0.5) is 5.69 Å². The lowest BCUT2D eigenvalue weighted by Crippen LogP contribution is -2.27. The van der Waals surface area contributed by atoms with Gasteiger partial charge in [-0.3, -0.25) is 4.79 Å². The highest BCUT2D eigenvalue weighted by Gasteiger charge is 2.09. The first-order valence-corrected chi connectivity index (χ1v) is 6.99. The van der Waals surface area contributed by atoms with Crippen LogP contribution < -0.4 is 15.8 Å². The molecule has 1 amide bonds. The lowest BCUT2D eigenvalue weighted by Gasteiger charge is -2.12. The maximum atomic E-state index is 12.1. The maximum Gasteiger partial charge on any atom is 0.251 e. The molecule has 0 bridgehead atoms. The van der Waals surface area contributed by atoms with Gasteiger partial charge in [0, 0.05) is 12.1 Å². The van der Waals surface area contributed by atoms with E-state index in [1.807, 2.05) is 21.0 Å². The van der Waals surface area contributed by atoms with Gasteiger partial charge in [-0.25, -0.2) is 0 Å². The molecular weight excluding hydrogens is 266 g/mol. The Hall–Kier alpha value is -2.01. The first-order valence-electron chi connectivity index (χ1n) is 6.99. The Labute approximate surface area is 126 Å². The molecule has 1 rings (SSSR count). The Kier molecular flexibility index (Phi) is 6.75. The van der Waals surface area contributed by atoms with Crippen molar-refractivity contribution in [1.29, 1.82) is 0 Å².